The molecule has 4 nitrogen and oxygen atoms in total. The van der Waals surface area contributed by atoms with Gasteiger partial charge in [0.15, 0.2) is 0 Å². The fourth-order valence-corrected chi connectivity index (χ4v) is 28.5. The molecule has 0 fully saturated rings. The van der Waals surface area contributed by atoms with Crippen molar-refractivity contribution < 1.29 is 0 Å². The molecule has 4 unspecified atom stereocenters. The number of hydrogen-bond acceptors (Lipinski definition) is 3. The molecule has 2 aromatic rings. The predicted octanol–water partition coefficient (Wildman–Crippen LogP) is 15.3. The highest BCUT2D eigenvalue weighted by molar-refractivity contribution is 6.91. The third-order valence-electron chi connectivity index (χ3n) is 16.3. The number of hydrogen-bond donors (Lipinski definition) is 2. The van der Waals surface area contributed by atoms with Crippen LogP contribution in [0.5, 0.6) is 0 Å². The van der Waals surface area contributed by atoms with E-state index in [1.54, 1.807) is 0 Å². The smallest absolute Gasteiger partial charge is 0.146 e. The van der Waals surface area contributed by atoms with Gasteiger partial charge in [-0.05, 0) is 98.4 Å². The molecule has 4 aliphatic heterocycles. The summed E-state index contributed by atoms with van der Waals surface area (Å²) in [6.07, 6.45) is 13.4. The number of aromatic nitrogens is 1. The van der Waals surface area contributed by atoms with Crippen LogP contribution in [0.2, 0.25) is 49.9 Å². The van der Waals surface area contributed by atoms with Gasteiger partial charge in [0.2, 0.25) is 0 Å². The van der Waals surface area contributed by atoms with Gasteiger partial charge >= 0.3 is 0 Å². The van der Waals surface area contributed by atoms with E-state index in [0.717, 1.165) is 50.9 Å². The molecular weight excluding hydrogens is 873 g/mol. The number of nitrogens with zero attached hydrogens (tertiary/aromatic N) is 2. The lowest BCUT2D eigenvalue weighted by Crippen LogP contribution is -2.43. The van der Waals surface area contributed by atoms with Crippen molar-refractivity contribution in [3.8, 4) is 46.2 Å². The van der Waals surface area contributed by atoms with Gasteiger partial charge in [0.25, 0.3) is 0 Å². The van der Waals surface area contributed by atoms with Crippen molar-refractivity contribution >= 4 is 41.2 Å². The summed E-state index contributed by atoms with van der Waals surface area (Å²) in [5.74, 6) is 18.6. The molecule has 7 heteroatoms. The van der Waals surface area contributed by atoms with E-state index in [4.69, 9.17) is 9.98 Å². The number of fused-ring (bicyclic) bond motifs is 6. The molecule has 1 aromatic carbocycles. The second-order valence-electron chi connectivity index (χ2n) is 22.7. The van der Waals surface area contributed by atoms with Crippen molar-refractivity contribution in [3.05, 3.63) is 113 Å². The molecule has 358 valence electrons. The van der Waals surface area contributed by atoms with Gasteiger partial charge in [0.05, 0.1) is 63.6 Å². The number of rotatable bonds is 9. The van der Waals surface area contributed by atoms with E-state index in [1.807, 2.05) is 6.07 Å². The van der Waals surface area contributed by atoms with Crippen LogP contribution in [0.25, 0.3) is 5.57 Å². The SMILES string of the molecule is CC(C)[Si](C#C/C1=C2\C=CC(N2)C(C#Cc2ccccc2)c2ccc([nH]2)/C(C#C[Si](C(C)C)(C(C)C)C(C)C)=C2/C=CC(=N2)C(C#C[Si](C(C)C)(C(C)C)C(C)C)C2C=CC1=N2)(C(C)C)C(C)C. The average Bonchev–Trinajstić information content (AvgIpc) is 4.11. The minimum absolute atomic E-state index is 0.123. The minimum Gasteiger partial charge on any atom is -0.376 e. The molecule has 0 amide bonds. The quantitative estimate of drug-likeness (QED) is 0.191. The molecule has 2 N–H and O–H groups in total. The topological polar surface area (TPSA) is 52.5 Å². The molecule has 6 rings (SSSR count). The molecule has 1 aromatic heterocycles. The van der Waals surface area contributed by atoms with E-state index < -0.39 is 24.2 Å². The van der Waals surface area contributed by atoms with Crippen molar-refractivity contribution in [1.29, 1.82) is 0 Å². The van der Waals surface area contributed by atoms with Crippen molar-refractivity contribution in [2.75, 3.05) is 0 Å². The number of aliphatic imine (C=N–C) groups is 2. The van der Waals surface area contributed by atoms with Crippen LogP contribution in [-0.2, 0) is 0 Å². The van der Waals surface area contributed by atoms with Gasteiger partial charge in [-0.2, -0.15) is 0 Å². The average molecular weight is 956 g/mol. The monoisotopic (exact) mass is 955 g/mol. The van der Waals surface area contributed by atoms with E-state index in [2.05, 4.69) is 254 Å². The lowest BCUT2D eigenvalue weighted by atomic mass is 9.96. The second kappa shape index (κ2) is 21.5. The summed E-state index contributed by atoms with van der Waals surface area (Å²) in [7, 11) is -6.33. The zero-order chi connectivity index (χ0) is 49.9. The molecule has 4 atom stereocenters. The van der Waals surface area contributed by atoms with Crippen LogP contribution in [0, 0.1) is 52.2 Å². The summed E-state index contributed by atoms with van der Waals surface area (Å²) in [4.78, 5) is 15.2. The van der Waals surface area contributed by atoms with Gasteiger partial charge in [0.1, 0.15) is 24.2 Å². The molecule has 68 heavy (non-hydrogen) atoms. The molecule has 0 aliphatic carbocycles. The summed E-state index contributed by atoms with van der Waals surface area (Å²) in [6, 6.07) is 14.4. The van der Waals surface area contributed by atoms with Gasteiger partial charge in [-0.3, -0.25) is 9.98 Å². The predicted molar refractivity (Wildman–Crippen MR) is 304 cm³/mol. The Kier molecular flexibility index (Phi) is 16.6. The zero-order valence-corrected chi connectivity index (χ0v) is 47.9. The maximum atomic E-state index is 5.65. The largest absolute Gasteiger partial charge is 0.376 e. The maximum Gasteiger partial charge on any atom is 0.146 e. The Morgan fingerprint density at radius 2 is 1.03 bits per heavy atom. The number of H-pyrrole nitrogens is 1. The van der Waals surface area contributed by atoms with Crippen LogP contribution in [0.3, 0.4) is 0 Å². The molecule has 8 bridgehead atoms. The lowest BCUT2D eigenvalue weighted by molar-refractivity contribution is 0.642. The highest BCUT2D eigenvalue weighted by Gasteiger charge is 2.44. The highest BCUT2D eigenvalue weighted by atomic mass is 28.3. The Balaban J connectivity index is 1.69. The number of aromatic amines is 1. The second-order valence-corrected chi connectivity index (χ2v) is 39.4. The molecule has 0 saturated carbocycles. The van der Waals surface area contributed by atoms with Gasteiger partial charge in [0, 0.05) is 11.3 Å². The fourth-order valence-electron chi connectivity index (χ4n) is 12.8. The first-order valence-corrected chi connectivity index (χ1v) is 32.6. The normalized spacial score (nSPS) is 22.5. The van der Waals surface area contributed by atoms with Gasteiger partial charge in [-0.15, -0.1) is 16.6 Å². The number of allylic oxidation sites excluding steroid dienone is 6. The van der Waals surface area contributed by atoms with Crippen molar-refractivity contribution in [1.82, 2.24) is 10.3 Å². The van der Waals surface area contributed by atoms with Crippen molar-refractivity contribution in [2.45, 2.75) is 192 Å². The Hall–Kier alpha value is -4.77. The summed E-state index contributed by atoms with van der Waals surface area (Å²) in [5.41, 5.74) is 25.3. The van der Waals surface area contributed by atoms with E-state index in [9.17, 15) is 0 Å². The Bertz CT molecular complexity index is 2590. The Morgan fingerprint density at radius 3 is 1.57 bits per heavy atom. The first kappa shape index (κ1) is 52.6. The first-order chi connectivity index (χ1) is 32.1. The number of nitrogens with one attached hydrogen (secondary N) is 2. The molecular formula is C61H82N4Si3. The molecule has 0 radical (unpaired) electrons. The van der Waals surface area contributed by atoms with Gasteiger partial charge < -0.3 is 10.3 Å². The third kappa shape index (κ3) is 10.1. The van der Waals surface area contributed by atoms with E-state index in [1.165, 1.54) is 0 Å². The summed E-state index contributed by atoms with van der Waals surface area (Å²) >= 11 is 0. The third-order valence-corrected chi connectivity index (χ3v) is 35.2. The first-order valence-electron chi connectivity index (χ1n) is 25.9. The molecule has 0 spiro atoms. The Labute approximate surface area is 416 Å². The summed E-state index contributed by atoms with van der Waals surface area (Å²) < 4.78 is 0. The summed E-state index contributed by atoms with van der Waals surface area (Å²) in [6.45, 7) is 43.0. The number of benzene rings is 1. The van der Waals surface area contributed by atoms with Crippen molar-refractivity contribution in [3.63, 3.8) is 0 Å². The van der Waals surface area contributed by atoms with E-state index >= 15 is 0 Å². The van der Waals surface area contributed by atoms with Crippen LogP contribution >= 0.6 is 0 Å². The fraction of sp³-hybridized carbons (Fsp3) is 0.508. The van der Waals surface area contributed by atoms with Gasteiger partial charge in [-0.1, -0.05) is 185 Å². The van der Waals surface area contributed by atoms with Crippen LogP contribution < -0.4 is 5.32 Å². The van der Waals surface area contributed by atoms with Gasteiger partial charge in [-0.25, -0.2) is 0 Å². The van der Waals surface area contributed by atoms with E-state index in [-0.39, 0.29) is 23.9 Å². The standard InChI is InChI=1S/C61H82N4Si3/c1-40(2)66(41(3)4,42(5)6)37-34-51-56-28-26-54(62-56)50(25-24-49-22-20-19-21-23-49)55-27-29-57(63-55)52(35-38-67(43(7)8,44(9)10)45(11)12)59-31-33-61(65-59)53(60-32-30-58(51)64-60)36-39-68(46(13)14,47(15)16)48(17)18/h19-23,26-33,40-48,50,53-54,60,62-63H,1-18H3/b56-51-,59-52-. The molecule has 4 aliphatic rings. The van der Waals surface area contributed by atoms with Crippen LogP contribution in [-0.4, -0.2) is 52.7 Å². The van der Waals surface area contributed by atoms with Crippen molar-refractivity contribution in [2.24, 2.45) is 15.9 Å². The summed E-state index contributed by atoms with van der Waals surface area (Å²) in [5, 5.41) is 3.98. The molecule has 5 heterocycles. The van der Waals surface area contributed by atoms with Crippen LogP contribution in [0.4, 0.5) is 0 Å². The van der Waals surface area contributed by atoms with Crippen LogP contribution in [0.15, 0.2) is 106 Å². The Morgan fingerprint density at radius 1 is 0.500 bits per heavy atom. The molecule has 0 saturated heterocycles. The lowest BCUT2D eigenvalue weighted by Gasteiger charge is -2.38. The van der Waals surface area contributed by atoms with Crippen LogP contribution in [0.1, 0.15) is 147 Å². The maximum absolute atomic E-state index is 5.65. The van der Waals surface area contributed by atoms with E-state index in [0.29, 0.717) is 49.9 Å². The minimum atomic E-state index is -2.12. The highest BCUT2D eigenvalue weighted by Crippen LogP contribution is 2.44. The zero-order valence-electron chi connectivity index (χ0n) is 44.9.